The SMILES string of the molecule is CCCC[N+](CC)(CCC)CCOCc1ccccc1.CCC[N+](CC)(CCC)CCOCc1ccccc1.CC[N+](CC)(CC)CCOCCc1ccccc1.CC[N+](CC)(CC)CCOCc1ccccc1.C[N+](C)(C)CCOCCc1ccccc1.C[N+](C)(C)CCOCc1ccccc1. The van der Waals surface area contributed by atoms with E-state index in [0.29, 0.717) is 0 Å². The Morgan fingerprint density at radius 3 is 0.650 bits per heavy atom. The summed E-state index contributed by atoms with van der Waals surface area (Å²) in [6, 6.07) is 62.6. The third-order valence-corrected chi connectivity index (χ3v) is 20.3. The number of hydrogen-bond acceptors (Lipinski definition) is 6. The quantitative estimate of drug-likeness (QED) is 0.0280. The van der Waals surface area contributed by atoms with Gasteiger partial charge >= 0.3 is 0 Å². The van der Waals surface area contributed by atoms with Crippen LogP contribution in [-0.2, 0) is 67.7 Å². The van der Waals surface area contributed by atoms with Crippen LogP contribution in [0.1, 0.15) is 149 Å². The average molecular weight is 1430 g/mol. The first-order chi connectivity index (χ1) is 49.7. The molecule has 0 radical (unpaired) electrons. The number of rotatable bonds is 49. The van der Waals surface area contributed by atoms with Crippen LogP contribution in [0.15, 0.2) is 182 Å². The van der Waals surface area contributed by atoms with E-state index in [1.807, 2.05) is 36.4 Å². The van der Waals surface area contributed by atoms with Crippen molar-refractivity contribution in [3.05, 3.63) is 215 Å². The van der Waals surface area contributed by atoms with E-state index < -0.39 is 0 Å². The molecule has 0 amide bonds. The van der Waals surface area contributed by atoms with Crippen molar-refractivity contribution in [1.82, 2.24) is 0 Å². The summed E-state index contributed by atoms with van der Waals surface area (Å²) >= 11 is 0. The van der Waals surface area contributed by atoms with Gasteiger partial charge in [0, 0.05) is 0 Å². The van der Waals surface area contributed by atoms with E-state index in [4.69, 9.17) is 28.4 Å². The second-order valence-corrected chi connectivity index (χ2v) is 29.9. The lowest BCUT2D eigenvalue weighted by molar-refractivity contribution is -0.927. The minimum absolute atomic E-state index is 0.723. The lowest BCUT2D eigenvalue weighted by Gasteiger charge is -2.37. The van der Waals surface area contributed by atoms with E-state index in [1.54, 1.807) is 0 Å². The van der Waals surface area contributed by atoms with Crippen LogP contribution >= 0.6 is 0 Å². The third kappa shape index (κ3) is 48.6. The van der Waals surface area contributed by atoms with Gasteiger partial charge in [0.1, 0.15) is 39.3 Å². The summed E-state index contributed by atoms with van der Waals surface area (Å²) in [6.45, 7) is 58.6. The van der Waals surface area contributed by atoms with Gasteiger partial charge in [-0.1, -0.05) is 216 Å². The molecule has 0 spiro atoms. The fourth-order valence-electron chi connectivity index (χ4n) is 12.5. The average Bonchev–Trinajstić information content (AvgIpc) is 0.911. The molecule has 0 saturated carbocycles. The zero-order valence-electron chi connectivity index (χ0n) is 69.6. The zero-order valence-corrected chi connectivity index (χ0v) is 69.6. The van der Waals surface area contributed by atoms with Gasteiger partial charge in [0.25, 0.3) is 0 Å². The monoisotopic (exact) mass is 1430 g/mol. The van der Waals surface area contributed by atoms with Crippen molar-refractivity contribution >= 4 is 0 Å². The van der Waals surface area contributed by atoms with Gasteiger partial charge in [0.15, 0.2) is 0 Å². The summed E-state index contributed by atoms with van der Waals surface area (Å²) in [5.41, 5.74) is 7.75. The van der Waals surface area contributed by atoms with Crippen LogP contribution < -0.4 is 0 Å². The largest absolute Gasteiger partial charge is 0.375 e. The van der Waals surface area contributed by atoms with Gasteiger partial charge in [-0.05, 0) is 127 Å². The second kappa shape index (κ2) is 59.9. The van der Waals surface area contributed by atoms with Crippen LogP contribution in [0.5, 0.6) is 0 Å². The Bertz CT molecular complexity index is 2740. The highest BCUT2D eigenvalue weighted by Crippen LogP contribution is 2.15. The van der Waals surface area contributed by atoms with E-state index in [2.05, 4.69) is 271 Å². The number of unbranched alkanes of at least 4 members (excludes halogenated alkanes) is 1. The standard InChI is InChI=1S/C18H32NO.C17H30NO.C16H28NO.C15H26NO.C13H22NO.C12H20NO/c1-4-7-14-19(6-3,13-5-2)15-16-20-17-18-11-9-8-10-12-18;1-4-12-18(6-3,13-5-2)14-15-19-16-17-10-8-7-9-11-17;1-4-17(5-2,6-3)13-15-18-14-12-16-10-8-7-9-11-16;1-4-16(5-2,6-3)12-13-17-14-15-10-8-7-9-11-15;1-14(2,3)10-12-15-11-9-13-7-5-4-6-8-13;1-13(2,3)9-10-14-11-12-7-5-4-6-8-12/h8-12H,4-7,13-17H2,1-3H3;7-11H,4-6,12-16H2,1-3H3;7-11H,4-6,12-15H2,1-3H3;7-11H,4-6,12-14H2,1-3H3;4-8H,9-12H2,1-3H3;4-8H,9-11H2,1-3H3/q6*+1. The highest BCUT2D eigenvalue weighted by Gasteiger charge is 2.25. The molecule has 1 atom stereocenters. The van der Waals surface area contributed by atoms with Gasteiger partial charge in [-0.25, -0.2) is 0 Å². The van der Waals surface area contributed by atoms with Crippen LogP contribution in [0, 0.1) is 0 Å². The van der Waals surface area contributed by atoms with Crippen molar-refractivity contribution in [2.75, 3.05) is 213 Å². The Balaban J connectivity index is 0.000000620. The van der Waals surface area contributed by atoms with Gasteiger partial charge in [-0.3, -0.25) is 0 Å². The molecular weight excluding hydrogens is 1270 g/mol. The van der Waals surface area contributed by atoms with E-state index in [-0.39, 0.29) is 0 Å². The van der Waals surface area contributed by atoms with E-state index >= 15 is 0 Å². The molecule has 0 aliphatic rings. The molecule has 582 valence electrons. The molecule has 0 aromatic heterocycles. The summed E-state index contributed by atoms with van der Waals surface area (Å²) in [7, 11) is 13.1. The third-order valence-electron chi connectivity index (χ3n) is 20.3. The first-order valence-electron chi connectivity index (χ1n) is 40.4. The Morgan fingerprint density at radius 1 is 0.204 bits per heavy atom. The summed E-state index contributed by atoms with van der Waals surface area (Å²) in [4.78, 5) is 0. The Labute approximate surface area is 634 Å². The molecule has 12 heteroatoms. The van der Waals surface area contributed by atoms with Crippen LogP contribution in [0.25, 0.3) is 0 Å². The van der Waals surface area contributed by atoms with Crippen LogP contribution in [0.2, 0.25) is 0 Å². The lowest BCUT2D eigenvalue weighted by Crippen LogP contribution is -2.51. The molecule has 6 rings (SSSR count). The predicted octanol–water partition coefficient (Wildman–Crippen LogP) is 18.2. The first-order valence-corrected chi connectivity index (χ1v) is 40.4. The van der Waals surface area contributed by atoms with E-state index in [0.717, 1.165) is 145 Å². The Morgan fingerprint density at radius 2 is 0.417 bits per heavy atom. The molecule has 12 nitrogen and oxygen atoms in total. The molecule has 0 heterocycles. The van der Waals surface area contributed by atoms with Gasteiger partial charge in [0.2, 0.25) is 0 Å². The van der Waals surface area contributed by atoms with Crippen molar-refractivity contribution < 1.29 is 55.3 Å². The normalized spacial score (nSPS) is 12.2. The predicted molar refractivity (Wildman–Crippen MR) is 442 cm³/mol. The van der Waals surface area contributed by atoms with Crippen LogP contribution in [0.4, 0.5) is 0 Å². The van der Waals surface area contributed by atoms with Crippen molar-refractivity contribution in [1.29, 1.82) is 0 Å². The maximum Gasteiger partial charge on any atom is 0.102 e. The van der Waals surface area contributed by atoms with Crippen molar-refractivity contribution in [2.45, 2.75) is 154 Å². The minimum Gasteiger partial charge on any atom is -0.375 e. The summed E-state index contributed by atoms with van der Waals surface area (Å²) < 4.78 is 41.1. The van der Waals surface area contributed by atoms with Gasteiger partial charge in [-0.2, -0.15) is 0 Å². The molecule has 0 fully saturated rings. The Kier molecular flexibility index (Phi) is 55.8. The van der Waals surface area contributed by atoms with Crippen LogP contribution in [0.3, 0.4) is 0 Å². The highest BCUT2D eigenvalue weighted by molar-refractivity contribution is 5.17. The first kappa shape index (κ1) is 95.9. The molecule has 0 N–H and O–H groups in total. The molecular formula is C91H158N6O6+6. The van der Waals surface area contributed by atoms with Gasteiger partial charge in [0.05, 0.1) is 200 Å². The summed E-state index contributed by atoms with van der Waals surface area (Å²) in [5, 5.41) is 0. The van der Waals surface area contributed by atoms with Crippen molar-refractivity contribution in [2.24, 2.45) is 0 Å². The number of likely N-dealkylation sites (N-methyl/N-ethyl adjacent to an activating group) is 6. The van der Waals surface area contributed by atoms with E-state index in [9.17, 15) is 0 Å². The van der Waals surface area contributed by atoms with Gasteiger partial charge in [-0.15, -0.1) is 0 Å². The number of quaternary nitrogens is 6. The molecule has 6 aromatic rings. The maximum atomic E-state index is 5.89. The molecule has 0 aliphatic heterocycles. The zero-order chi connectivity index (χ0) is 76.1. The topological polar surface area (TPSA) is 55.4 Å². The highest BCUT2D eigenvalue weighted by atomic mass is 16.5. The second-order valence-electron chi connectivity index (χ2n) is 29.9. The molecule has 6 aromatic carbocycles. The smallest absolute Gasteiger partial charge is 0.102 e. The van der Waals surface area contributed by atoms with Crippen molar-refractivity contribution in [3.63, 3.8) is 0 Å². The van der Waals surface area contributed by atoms with Crippen molar-refractivity contribution in [3.8, 4) is 0 Å². The summed E-state index contributed by atoms with van der Waals surface area (Å²) in [5.74, 6) is 0. The molecule has 103 heavy (non-hydrogen) atoms. The fraction of sp³-hybridized carbons (Fsp3) is 0.604. The Hall–Kier alpha value is -5.16. The lowest BCUT2D eigenvalue weighted by atomic mass is 10.2. The minimum atomic E-state index is 0.723. The summed E-state index contributed by atoms with van der Waals surface area (Å²) in [6.07, 6.45) is 8.42. The number of ether oxygens (including phenoxy) is 6. The molecule has 0 bridgehead atoms. The number of hydrogen-bond donors (Lipinski definition) is 0. The molecule has 1 unspecified atom stereocenters. The molecule has 0 aliphatic carbocycles. The maximum absolute atomic E-state index is 5.89. The van der Waals surface area contributed by atoms with Gasteiger partial charge < -0.3 is 55.3 Å². The molecule has 0 saturated heterocycles. The number of nitrogens with zero attached hydrogens (tertiary/aromatic N) is 6. The van der Waals surface area contributed by atoms with Crippen LogP contribution in [-0.4, -0.2) is 240 Å². The fourth-order valence-corrected chi connectivity index (χ4v) is 12.5. The number of benzene rings is 6. The van der Waals surface area contributed by atoms with E-state index in [1.165, 1.54) is 157 Å².